The Balaban J connectivity index is 2.91. The van der Waals surface area contributed by atoms with Crippen LogP contribution in [0.5, 0.6) is 0 Å². The molecular formula is C14H19N3O5S. The lowest BCUT2D eigenvalue weighted by Crippen LogP contribution is -2.43. The Labute approximate surface area is 137 Å². The van der Waals surface area contributed by atoms with E-state index in [4.69, 9.17) is 4.74 Å². The molecule has 1 atom stereocenters. The van der Waals surface area contributed by atoms with Crippen LogP contribution in [0.1, 0.15) is 34.6 Å². The third-order valence-electron chi connectivity index (χ3n) is 3.00. The Morgan fingerprint density at radius 1 is 1.17 bits per heavy atom. The zero-order valence-electron chi connectivity index (χ0n) is 13.5. The average Bonchev–Trinajstić information content (AvgIpc) is 2.72. The molecule has 0 spiro atoms. The highest BCUT2D eigenvalue weighted by atomic mass is 32.1. The smallest absolute Gasteiger partial charge is 0.342 e. The number of nitrogens with one attached hydrogen (secondary N) is 3. The van der Waals surface area contributed by atoms with Crippen LogP contribution >= 0.6 is 11.3 Å². The van der Waals surface area contributed by atoms with Crippen LogP contribution < -0.4 is 16.0 Å². The molecule has 23 heavy (non-hydrogen) atoms. The van der Waals surface area contributed by atoms with Crippen LogP contribution in [-0.2, 0) is 14.3 Å². The number of carbonyl (C=O) groups excluding carboxylic acids is 4. The van der Waals surface area contributed by atoms with E-state index in [1.807, 2.05) is 12.2 Å². The first-order chi connectivity index (χ1) is 10.7. The van der Waals surface area contributed by atoms with E-state index in [1.54, 1.807) is 6.92 Å². The molecule has 0 saturated heterocycles. The van der Waals surface area contributed by atoms with Crippen molar-refractivity contribution in [2.75, 3.05) is 12.4 Å². The van der Waals surface area contributed by atoms with Gasteiger partial charge in [0, 0.05) is 18.8 Å². The van der Waals surface area contributed by atoms with Gasteiger partial charge in [0.05, 0.1) is 5.56 Å². The van der Waals surface area contributed by atoms with Crippen LogP contribution in [0, 0.1) is 13.8 Å². The van der Waals surface area contributed by atoms with Crippen LogP contribution in [-0.4, -0.2) is 37.0 Å². The molecule has 1 aromatic rings. The first-order valence-electron chi connectivity index (χ1n) is 6.78. The molecule has 126 valence electrons. The first kappa shape index (κ1) is 18.6. The summed E-state index contributed by atoms with van der Waals surface area (Å²) in [6.45, 7) is 6.22. The molecule has 4 amide bonds. The Hall–Kier alpha value is -2.42. The van der Waals surface area contributed by atoms with Crippen LogP contribution in [0.15, 0.2) is 0 Å². The summed E-state index contributed by atoms with van der Waals surface area (Å²) in [6, 6.07) is -0.695. The van der Waals surface area contributed by atoms with Crippen LogP contribution in [0.2, 0.25) is 0 Å². The minimum absolute atomic E-state index is 0.210. The van der Waals surface area contributed by atoms with Crippen molar-refractivity contribution in [2.45, 2.75) is 33.8 Å². The van der Waals surface area contributed by atoms with E-state index in [9.17, 15) is 19.2 Å². The molecule has 0 saturated carbocycles. The zero-order valence-corrected chi connectivity index (χ0v) is 14.3. The predicted molar refractivity (Wildman–Crippen MR) is 85.6 cm³/mol. The molecule has 0 aliphatic rings. The van der Waals surface area contributed by atoms with Gasteiger partial charge >= 0.3 is 12.0 Å². The lowest BCUT2D eigenvalue weighted by Gasteiger charge is -2.13. The van der Waals surface area contributed by atoms with E-state index in [1.165, 1.54) is 32.2 Å². The zero-order chi connectivity index (χ0) is 17.7. The largest absolute Gasteiger partial charge is 0.449 e. The second kappa shape index (κ2) is 7.73. The van der Waals surface area contributed by atoms with Gasteiger partial charge in [0.15, 0.2) is 6.10 Å². The quantitative estimate of drug-likeness (QED) is 0.715. The van der Waals surface area contributed by atoms with Crippen molar-refractivity contribution in [2.24, 2.45) is 0 Å². The first-order valence-corrected chi connectivity index (χ1v) is 7.60. The van der Waals surface area contributed by atoms with E-state index in [0.717, 1.165) is 4.88 Å². The maximum Gasteiger partial charge on any atom is 0.342 e. The highest BCUT2D eigenvalue weighted by Crippen LogP contribution is 2.33. The van der Waals surface area contributed by atoms with Gasteiger partial charge in [-0.3, -0.25) is 14.9 Å². The summed E-state index contributed by atoms with van der Waals surface area (Å²) in [5, 5.41) is 7.19. The summed E-state index contributed by atoms with van der Waals surface area (Å²) >= 11 is 1.25. The van der Waals surface area contributed by atoms with Crippen LogP contribution in [0.25, 0.3) is 0 Å². The number of urea groups is 1. The van der Waals surface area contributed by atoms with E-state index in [2.05, 4.69) is 10.6 Å². The highest BCUT2D eigenvalue weighted by molar-refractivity contribution is 7.16. The fraction of sp³-hybridized carbons (Fsp3) is 0.429. The average molecular weight is 341 g/mol. The number of amides is 4. The number of hydrogen-bond acceptors (Lipinski definition) is 6. The normalized spacial score (nSPS) is 11.3. The third kappa shape index (κ3) is 4.78. The van der Waals surface area contributed by atoms with E-state index >= 15 is 0 Å². The molecule has 0 radical (unpaired) electrons. The molecule has 0 fully saturated rings. The molecule has 1 aromatic heterocycles. The SMILES string of the molecule is CNC(=O)NC(=O)C(C)OC(=O)c1c(NC(C)=O)sc(C)c1C. The number of thiophene rings is 1. The van der Waals surface area contributed by atoms with Gasteiger partial charge in [-0.2, -0.15) is 0 Å². The fourth-order valence-electron chi connectivity index (χ4n) is 1.67. The van der Waals surface area contributed by atoms with Crippen molar-refractivity contribution in [3.05, 3.63) is 16.0 Å². The highest BCUT2D eigenvalue weighted by Gasteiger charge is 2.26. The predicted octanol–water partition coefficient (Wildman–Crippen LogP) is 1.32. The Kier molecular flexibility index (Phi) is 6.26. The molecule has 9 heteroatoms. The third-order valence-corrected chi connectivity index (χ3v) is 4.12. The summed E-state index contributed by atoms with van der Waals surface area (Å²) in [4.78, 5) is 47.2. The van der Waals surface area contributed by atoms with Gasteiger partial charge in [-0.15, -0.1) is 11.3 Å². The maximum atomic E-state index is 12.3. The Morgan fingerprint density at radius 3 is 2.30 bits per heavy atom. The number of esters is 1. The summed E-state index contributed by atoms with van der Waals surface area (Å²) in [6.07, 6.45) is -1.16. The topological polar surface area (TPSA) is 114 Å². The van der Waals surface area contributed by atoms with Gasteiger partial charge in [-0.25, -0.2) is 9.59 Å². The number of carbonyl (C=O) groups is 4. The van der Waals surface area contributed by atoms with Gasteiger partial charge in [0.1, 0.15) is 5.00 Å². The standard InChI is InChI=1S/C14H19N3O5S/c1-6-8(3)23-12(16-9(4)18)10(6)13(20)22-7(2)11(19)17-14(21)15-5/h7H,1-5H3,(H,16,18)(H2,15,17,19,21). The second-order valence-corrected chi connectivity index (χ2v) is 6.01. The van der Waals surface area contributed by atoms with Gasteiger partial charge in [0.2, 0.25) is 5.91 Å². The number of aryl methyl sites for hydroxylation is 1. The molecule has 0 aromatic carbocycles. The Morgan fingerprint density at radius 2 is 1.78 bits per heavy atom. The van der Waals surface area contributed by atoms with Crippen molar-refractivity contribution in [3.63, 3.8) is 0 Å². The summed E-state index contributed by atoms with van der Waals surface area (Å²) in [5.74, 6) is -1.80. The molecule has 1 rings (SSSR count). The number of rotatable bonds is 4. The van der Waals surface area contributed by atoms with Gasteiger partial charge in [0.25, 0.3) is 5.91 Å². The molecule has 1 heterocycles. The summed E-state index contributed by atoms with van der Waals surface area (Å²) in [5.41, 5.74) is 0.880. The molecule has 3 N–H and O–H groups in total. The van der Waals surface area contributed by atoms with Crippen LogP contribution in [0.3, 0.4) is 0 Å². The van der Waals surface area contributed by atoms with Gasteiger partial charge in [-0.05, 0) is 26.3 Å². The Bertz CT molecular complexity index is 653. The van der Waals surface area contributed by atoms with Crippen molar-refractivity contribution >= 4 is 40.2 Å². The monoisotopic (exact) mass is 341 g/mol. The lowest BCUT2D eigenvalue weighted by molar-refractivity contribution is -0.127. The van der Waals surface area contributed by atoms with Gasteiger partial charge in [-0.1, -0.05) is 0 Å². The van der Waals surface area contributed by atoms with Crippen molar-refractivity contribution in [1.82, 2.24) is 10.6 Å². The summed E-state index contributed by atoms with van der Waals surface area (Å²) in [7, 11) is 1.36. The van der Waals surface area contributed by atoms with Crippen LogP contribution in [0.4, 0.5) is 9.80 Å². The van der Waals surface area contributed by atoms with E-state index in [-0.39, 0.29) is 11.5 Å². The minimum Gasteiger partial charge on any atom is -0.449 e. The van der Waals surface area contributed by atoms with Crippen molar-refractivity contribution in [3.8, 4) is 0 Å². The number of ether oxygens (including phenoxy) is 1. The minimum atomic E-state index is -1.16. The van der Waals surface area contributed by atoms with E-state index in [0.29, 0.717) is 10.6 Å². The number of anilines is 1. The molecule has 0 bridgehead atoms. The maximum absolute atomic E-state index is 12.3. The fourth-order valence-corrected chi connectivity index (χ4v) is 2.76. The molecular weight excluding hydrogens is 322 g/mol. The number of hydrogen-bond donors (Lipinski definition) is 3. The summed E-state index contributed by atoms with van der Waals surface area (Å²) < 4.78 is 5.08. The van der Waals surface area contributed by atoms with Crippen molar-refractivity contribution < 1.29 is 23.9 Å². The van der Waals surface area contributed by atoms with E-state index < -0.39 is 24.0 Å². The second-order valence-electron chi connectivity index (χ2n) is 4.78. The molecule has 0 aliphatic heterocycles. The molecule has 0 aliphatic carbocycles. The number of imide groups is 1. The van der Waals surface area contributed by atoms with Crippen molar-refractivity contribution in [1.29, 1.82) is 0 Å². The van der Waals surface area contributed by atoms with Gasteiger partial charge < -0.3 is 15.4 Å². The molecule has 8 nitrogen and oxygen atoms in total. The lowest BCUT2D eigenvalue weighted by atomic mass is 10.1. The molecule has 1 unspecified atom stereocenters.